The van der Waals surface area contributed by atoms with E-state index >= 15 is 0 Å². The van der Waals surface area contributed by atoms with Gasteiger partial charge in [0.2, 0.25) is 10.0 Å². The minimum atomic E-state index is -4.27. The molecule has 0 unspecified atom stereocenters. The van der Waals surface area contributed by atoms with E-state index in [4.69, 9.17) is 14.7 Å². The molecule has 0 saturated carbocycles. The van der Waals surface area contributed by atoms with E-state index in [1.165, 1.54) is 32.4 Å². The fourth-order valence-corrected chi connectivity index (χ4v) is 3.78. The van der Waals surface area contributed by atoms with Crippen molar-refractivity contribution < 1.29 is 32.7 Å². The smallest absolute Gasteiger partial charge is 0.305 e. The number of amides is 1. The molecule has 0 spiro atoms. The number of carboxylic acid groups (broad SMARTS) is 1. The number of aliphatic carboxylic acids is 1. The van der Waals surface area contributed by atoms with Crippen molar-refractivity contribution in [2.45, 2.75) is 24.0 Å². The number of hydroxylamine groups is 2. The Morgan fingerprint density at radius 3 is 2.34 bits per heavy atom. The molecule has 0 aliphatic heterocycles. The number of hydrogen-bond acceptors (Lipinski definition) is 6. The van der Waals surface area contributed by atoms with E-state index < -0.39 is 34.4 Å². The highest BCUT2D eigenvalue weighted by atomic mass is 32.2. The number of hydrogen-bond donors (Lipinski definition) is 2. The first-order chi connectivity index (χ1) is 13.7. The molecule has 10 heteroatoms. The molecule has 156 valence electrons. The van der Waals surface area contributed by atoms with Gasteiger partial charge in [-0.25, -0.2) is 13.5 Å². The van der Waals surface area contributed by atoms with Crippen LogP contribution in [0.2, 0.25) is 0 Å². The molecule has 0 aliphatic carbocycles. The minimum Gasteiger partial charge on any atom is -0.487 e. The van der Waals surface area contributed by atoms with Crippen molar-refractivity contribution >= 4 is 21.9 Å². The van der Waals surface area contributed by atoms with Crippen LogP contribution >= 0.6 is 0 Å². The molecule has 29 heavy (non-hydrogen) atoms. The molecule has 0 aliphatic rings. The van der Waals surface area contributed by atoms with Crippen molar-refractivity contribution in [3.63, 3.8) is 0 Å². The van der Waals surface area contributed by atoms with E-state index in [1.807, 2.05) is 30.3 Å². The number of nitrogens with one attached hydrogen (secondary N) is 1. The van der Waals surface area contributed by atoms with Crippen molar-refractivity contribution in [1.29, 1.82) is 0 Å². The molecule has 0 fully saturated rings. The average molecular weight is 422 g/mol. The summed E-state index contributed by atoms with van der Waals surface area (Å²) in [4.78, 5) is 27.9. The first-order valence-electron chi connectivity index (χ1n) is 8.56. The van der Waals surface area contributed by atoms with Gasteiger partial charge in [-0.2, -0.15) is 4.72 Å². The fourth-order valence-electron chi connectivity index (χ4n) is 2.44. The largest absolute Gasteiger partial charge is 0.487 e. The van der Waals surface area contributed by atoms with E-state index in [1.54, 1.807) is 6.07 Å². The van der Waals surface area contributed by atoms with Crippen LogP contribution in [0.5, 0.6) is 5.75 Å². The molecule has 9 nitrogen and oxygen atoms in total. The van der Waals surface area contributed by atoms with Crippen molar-refractivity contribution in [3.8, 4) is 5.75 Å². The lowest BCUT2D eigenvalue weighted by molar-refractivity contribution is -0.171. The molecule has 0 saturated heterocycles. The number of rotatable bonds is 10. The van der Waals surface area contributed by atoms with Crippen LogP contribution in [0.1, 0.15) is 12.0 Å². The number of nitrogens with zero attached hydrogens (tertiary/aromatic N) is 1. The summed E-state index contributed by atoms with van der Waals surface area (Å²) >= 11 is 0. The van der Waals surface area contributed by atoms with Crippen LogP contribution in [-0.2, 0) is 31.1 Å². The van der Waals surface area contributed by atoms with Gasteiger partial charge >= 0.3 is 5.97 Å². The summed E-state index contributed by atoms with van der Waals surface area (Å²) < 4.78 is 33.5. The molecule has 0 radical (unpaired) electrons. The second kappa shape index (κ2) is 10.0. The third-order valence-corrected chi connectivity index (χ3v) is 5.45. The molecule has 2 rings (SSSR count). The second-order valence-corrected chi connectivity index (χ2v) is 7.69. The third-order valence-electron chi connectivity index (χ3n) is 3.93. The van der Waals surface area contributed by atoms with Crippen LogP contribution in [-0.4, -0.2) is 50.7 Å². The molecule has 2 aromatic rings. The Bertz CT molecular complexity index is 948. The van der Waals surface area contributed by atoms with Crippen molar-refractivity contribution in [3.05, 3.63) is 60.2 Å². The number of carbonyl (C=O) groups is 2. The Balaban J connectivity index is 2.26. The highest BCUT2D eigenvalue weighted by Crippen LogP contribution is 2.25. The summed E-state index contributed by atoms with van der Waals surface area (Å²) in [7, 11) is -1.81. The Labute approximate surface area is 168 Å². The summed E-state index contributed by atoms with van der Waals surface area (Å²) in [5, 5.41) is 9.81. The molecule has 0 heterocycles. The van der Waals surface area contributed by atoms with Crippen molar-refractivity contribution in [2.75, 3.05) is 14.2 Å². The molecule has 1 atom stereocenters. The number of benzene rings is 2. The molecule has 0 bridgehead atoms. The Morgan fingerprint density at radius 1 is 1.10 bits per heavy atom. The molecule has 2 N–H and O–H groups in total. The van der Waals surface area contributed by atoms with E-state index in [0.717, 1.165) is 10.6 Å². The lowest BCUT2D eigenvalue weighted by atomic mass is 10.2. The predicted molar refractivity (Wildman–Crippen MR) is 103 cm³/mol. The van der Waals surface area contributed by atoms with Crippen LogP contribution in [0.3, 0.4) is 0 Å². The van der Waals surface area contributed by atoms with E-state index in [0.29, 0.717) is 0 Å². The predicted octanol–water partition coefficient (Wildman–Crippen LogP) is 1.41. The monoisotopic (exact) mass is 422 g/mol. The summed E-state index contributed by atoms with van der Waals surface area (Å²) in [6.07, 6.45) is -0.751. The standard InChI is InChI=1S/C19H22N2O7S/c1-21(27-2)19(24)15(12-18(22)23)20-29(25,26)17-11-7-6-10-16(17)28-13-14-8-4-3-5-9-14/h3-11,15,20H,12-13H2,1-2H3,(H,22,23)/t15-/m0/s1. The maximum atomic E-state index is 12.9. The van der Waals surface area contributed by atoms with E-state index in [9.17, 15) is 18.0 Å². The number of carbonyl (C=O) groups excluding carboxylic acids is 1. The molecular weight excluding hydrogens is 400 g/mol. The van der Waals surface area contributed by atoms with Gasteiger partial charge in [0.15, 0.2) is 0 Å². The first-order valence-corrected chi connectivity index (χ1v) is 10.0. The van der Waals surface area contributed by atoms with Crippen LogP contribution in [0.25, 0.3) is 0 Å². The second-order valence-electron chi connectivity index (χ2n) is 6.01. The maximum Gasteiger partial charge on any atom is 0.305 e. The summed E-state index contributed by atoms with van der Waals surface area (Å²) in [5.41, 5.74) is 0.841. The summed E-state index contributed by atoms with van der Waals surface area (Å²) in [6, 6.07) is 13.5. The zero-order chi connectivity index (χ0) is 21.4. The van der Waals surface area contributed by atoms with Gasteiger partial charge in [-0.1, -0.05) is 42.5 Å². The third kappa shape index (κ3) is 6.28. The fraction of sp³-hybridized carbons (Fsp3) is 0.263. The molecule has 1 amide bonds. The number of likely N-dealkylation sites (N-methyl/N-ethyl adjacent to an activating group) is 1. The van der Waals surface area contributed by atoms with E-state index in [-0.39, 0.29) is 17.3 Å². The van der Waals surface area contributed by atoms with Gasteiger partial charge in [-0.05, 0) is 17.7 Å². The zero-order valence-electron chi connectivity index (χ0n) is 15.9. The lowest BCUT2D eigenvalue weighted by Crippen LogP contribution is -2.48. The highest BCUT2D eigenvalue weighted by Gasteiger charge is 2.31. The molecule has 2 aromatic carbocycles. The van der Waals surface area contributed by atoms with E-state index in [2.05, 4.69) is 4.72 Å². The lowest BCUT2D eigenvalue weighted by Gasteiger charge is -2.22. The zero-order valence-corrected chi connectivity index (χ0v) is 16.8. The SMILES string of the molecule is CON(C)C(=O)[C@H](CC(=O)O)NS(=O)(=O)c1ccccc1OCc1ccccc1. The van der Waals surface area contributed by atoms with Crippen LogP contribution < -0.4 is 9.46 Å². The van der Waals surface area contributed by atoms with Gasteiger partial charge in [0.25, 0.3) is 5.91 Å². The Hall–Kier alpha value is -2.95. The van der Waals surface area contributed by atoms with Crippen LogP contribution in [0.15, 0.2) is 59.5 Å². The first kappa shape index (κ1) is 22.3. The number of sulfonamides is 1. The van der Waals surface area contributed by atoms with Gasteiger partial charge in [0, 0.05) is 7.05 Å². The average Bonchev–Trinajstić information content (AvgIpc) is 2.71. The highest BCUT2D eigenvalue weighted by molar-refractivity contribution is 7.89. The molecular formula is C19H22N2O7S. The van der Waals surface area contributed by atoms with Gasteiger partial charge < -0.3 is 9.84 Å². The van der Waals surface area contributed by atoms with Gasteiger partial charge in [0.05, 0.1) is 13.5 Å². The topological polar surface area (TPSA) is 122 Å². The maximum absolute atomic E-state index is 12.9. The number of para-hydroxylation sites is 1. The van der Waals surface area contributed by atoms with Gasteiger partial charge in [0.1, 0.15) is 23.3 Å². The Morgan fingerprint density at radius 2 is 1.72 bits per heavy atom. The Kier molecular flexibility index (Phi) is 7.71. The number of carboxylic acids is 1. The van der Waals surface area contributed by atoms with Crippen molar-refractivity contribution in [1.82, 2.24) is 9.79 Å². The van der Waals surface area contributed by atoms with Crippen LogP contribution in [0, 0.1) is 0 Å². The minimum absolute atomic E-state index is 0.0745. The van der Waals surface area contributed by atoms with Crippen molar-refractivity contribution in [2.24, 2.45) is 0 Å². The molecule has 0 aromatic heterocycles. The summed E-state index contributed by atoms with van der Waals surface area (Å²) in [5.74, 6) is -2.12. The normalized spacial score (nSPS) is 12.2. The quantitative estimate of drug-likeness (QED) is 0.555. The van der Waals surface area contributed by atoms with Crippen LogP contribution in [0.4, 0.5) is 0 Å². The number of ether oxygens (including phenoxy) is 1. The van der Waals surface area contributed by atoms with Gasteiger partial charge in [-0.3, -0.25) is 14.4 Å². The van der Waals surface area contributed by atoms with Gasteiger partial charge in [-0.15, -0.1) is 0 Å². The summed E-state index contributed by atoms with van der Waals surface area (Å²) in [6.45, 7) is 0.136.